The molecule has 0 unspecified atom stereocenters. The average Bonchev–Trinajstić information content (AvgIpc) is 3.04. The van der Waals surface area contributed by atoms with Gasteiger partial charge in [0.15, 0.2) is 11.0 Å². The Labute approximate surface area is 140 Å². The van der Waals surface area contributed by atoms with Crippen LogP contribution < -0.4 is 4.74 Å². The molecule has 0 aliphatic carbocycles. The minimum absolute atomic E-state index is 0.833. The van der Waals surface area contributed by atoms with Crippen molar-refractivity contribution in [3.8, 4) is 22.8 Å². The van der Waals surface area contributed by atoms with Gasteiger partial charge in [-0.15, -0.1) is 10.2 Å². The summed E-state index contributed by atoms with van der Waals surface area (Å²) in [6.45, 7) is 2.17. The number of aromatic nitrogens is 3. The summed E-state index contributed by atoms with van der Waals surface area (Å²) in [5.41, 5.74) is 2.09. The third-order valence-corrected chi connectivity index (χ3v) is 4.57. The minimum atomic E-state index is 0.833. The molecule has 0 aliphatic heterocycles. The lowest BCUT2D eigenvalue weighted by Crippen LogP contribution is -1.99. The maximum absolute atomic E-state index is 5.23. The lowest BCUT2D eigenvalue weighted by molar-refractivity contribution is 0.415. The van der Waals surface area contributed by atoms with Crippen molar-refractivity contribution < 1.29 is 4.74 Å². The smallest absolute Gasteiger partial charge is 0.196 e. The quantitative estimate of drug-likeness (QED) is 0.628. The van der Waals surface area contributed by atoms with E-state index in [1.807, 2.05) is 42.5 Å². The predicted octanol–water partition coefficient (Wildman–Crippen LogP) is 4.45. The van der Waals surface area contributed by atoms with Crippen molar-refractivity contribution in [2.24, 2.45) is 0 Å². The first-order valence-electron chi connectivity index (χ1n) is 7.61. The molecular formula is C18H19N3OS. The first-order valence-corrected chi connectivity index (χ1v) is 8.60. The number of para-hydroxylation sites is 1. The van der Waals surface area contributed by atoms with Gasteiger partial charge in [-0.3, -0.25) is 4.57 Å². The molecule has 0 aliphatic rings. The highest BCUT2D eigenvalue weighted by atomic mass is 32.2. The molecule has 0 radical (unpaired) electrons. The van der Waals surface area contributed by atoms with Gasteiger partial charge < -0.3 is 4.74 Å². The highest BCUT2D eigenvalue weighted by molar-refractivity contribution is 7.99. The molecule has 1 heterocycles. The Morgan fingerprint density at radius 3 is 2.39 bits per heavy atom. The zero-order chi connectivity index (χ0) is 16.1. The third-order valence-electron chi connectivity index (χ3n) is 3.43. The van der Waals surface area contributed by atoms with Crippen molar-refractivity contribution in [2.45, 2.75) is 18.5 Å². The number of ether oxygens (including phenoxy) is 1. The molecule has 0 amide bonds. The Morgan fingerprint density at radius 1 is 1.00 bits per heavy atom. The Balaban J connectivity index is 2.07. The summed E-state index contributed by atoms with van der Waals surface area (Å²) in [6.07, 6.45) is 1.10. The van der Waals surface area contributed by atoms with E-state index in [1.54, 1.807) is 18.9 Å². The van der Waals surface area contributed by atoms with E-state index in [0.29, 0.717) is 0 Å². The number of nitrogens with zero attached hydrogens (tertiary/aromatic N) is 3. The van der Waals surface area contributed by atoms with Gasteiger partial charge in [-0.05, 0) is 42.8 Å². The van der Waals surface area contributed by atoms with Crippen molar-refractivity contribution in [1.82, 2.24) is 14.8 Å². The van der Waals surface area contributed by atoms with Crippen LogP contribution in [0, 0.1) is 0 Å². The zero-order valence-electron chi connectivity index (χ0n) is 13.3. The Kier molecular flexibility index (Phi) is 4.98. The van der Waals surface area contributed by atoms with Crippen molar-refractivity contribution in [1.29, 1.82) is 0 Å². The molecule has 0 saturated carbocycles. The van der Waals surface area contributed by atoms with E-state index >= 15 is 0 Å². The van der Waals surface area contributed by atoms with Crippen LogP contribution in [-0.2, 0) is 0 Å². The molecule has 0 atom stereocenters. The SMILES string of the molecule is CCCSc1nnc(-c2ccc(OC)cc2)n1-c1ccccc1. The standard InChI is InChI=1S/C18H19N3OS/c1-3-13-23-18-20-19-17(14-9-11-16(22-2)12-10-14)21(18)15-7-5-4-6-8-15/h4-12H,3,13H2,1-2H3. The van der Waals surface area contributed by atoms with Crippen molar-refractivity contribution >= 4 is 11.8 Å². The van der Waals surface area contributed by atoms with Gasteiger partial charge in [-0.25, -0.2) is 0 Å². The Morgan fingerprint density at radius 2 is 1.74 bits per heavy atom. The summed E-state index contributed by atoms with van der Waals surface area (Å²) in [4.78, 5) is 0. The summed E-state index contributed by atoms with van der Waals surface area (Å²) >= 11 is 1.73. The van der Waals surface area contributed by atoms with Gasteiger partial charge in [0, 0.05) is 17.0 Å². The molecule has 5 heteroatoms. The van der Waals surface area contributed by atoms with Crippen LogP contribution in [0.3, 0.4) is 0 Å². The van der Waals surface area contributed by atoms with E-state index < -0.39 is 0 Å². The maximum atomic E-state index is 5.23. The lowest BCUT2D eigenvalue weighted by atomic mass is 10.2. The number of methoxy groups -OCH3 is 1. The van der Waals surface area contributed by atoms with Gasteiger partial charge in [0.25, 0.3) is 0 Å². The van der Waals surface area contributed by atoms with E-state index in [0.717, 1.165) is 40.2 Å². The van der Waals surface area contributed by atoms with Gasteiger partial charge in [0.1, 0.15) is 5.75 Å². The topological polar surface area (TPSA) is 39.9 Å². The van der Waals surface area contributed by atoms with Crippen molar-refractivity contribution in [2.75, 3.05) is 12.9 Å². The molecule has 2 aromatic carbocycles. The van der Waals surface area contributed by atoms with Crippen LogP contribution in [0.4, 0.5) is 0 Å². The molecule has 0 bridgehead atoms. The van der Waals surface area contributed by atoms with E-state index in [1.165, 1.54) is 0 Å². The fraction of sp³-hybridized carbons (Fsp3) is 0.222. The molecule has 0 fully saturated rings. The first-order chi connectivity index (χ1) is 11.3. The summed E-state index contributed by atoms with van der Waals surface area (Å²) in [5.74, 6) is 2.70. The molecule has 23 heavy (non-hydrogen) atoms. The van der Waals surface area contributed by atoms with Crippen LogP contribution in [0.15, 0.2) is 59.8 Å². The lowest BCUT2D eigenvalue weighted by Gasteiger charge is -2.10. The summed E-state index contributed by atoms with van der Waals surface area (Å²) < 4.78 is 7.34. The number of hydrogen-bond acceptors (Lipinski definition) is 4. The molecule has 1 aromatic heterocycles. The van der Waals surface area contributed by atoms with Gasteiger partial charge in [0.05, 0.1) is 7.11 Å². The largest absolute Gasteiger partial charge is 0.497 e. The Bertz CT molecular complexity index is 754. The van der Waals surface area contributed by atoms with E-state index in [9.17, 15) is 0 Å². The van der Waals surface area contributed by atoms with Crippen LogP contribution >= 0.6 is 11.8 Å². The number of thioether (sulfide) groups is 1. The number of rotatable bonds is 6. The number of hydrogen-bond donors (Lipinski definition) is 0. The summed E-state index contributed by atoms with van der Waals surface area (Å²) in [7, 11) is 1.67. The second-order valence-corrected chi connectivity index (χ2v) is 6.12. The van der Waals surface area contributed by atoms with E-state index in [2.05, 4.69) is 33.8 Å². The average molecular weight is 325 g/mol. The molecule has 0 saturated heterocycles. The highest BCUT2D eigenvalue weighted by Crippen LogP contribution is 2.29. The monoisotopic (exact) mass is 325 g/mol. The normalized spacial score (nSPS) is 10.7. The predicted molar refractivity (Wildman–Crippen MR) is 94.4 cm³/mol. The fourth-order valence-electron chi connectivity index (χ4n) is 2.29. The van der Waals surface area contributed by atoms with Gasteiger partial charge in [-0.1, -0.05) is 36.9 Å². The van der Waals surface area contributed by atoms with Gasteiger partial charge in [-0.2, -0.15) is 0 Å². The van der Waals surface area contributed by atoms with Gasteiger partial charge in [0.2, 0.25) is 0 Å². The fourth-order valence-corrected chi connectivity index (χ4v) is 3.10. The highest BCUT2D eigenvalue weighted by Gasteiger charge is 2.15. The molecule has 0 spiro atoms. The molecule has 118 valence electrons. The van der Waals surface area contributed by atoms with Crippen LogP contribution in [0.5, 0.6) is 5.75 Å². The van der Waals surface area contributed by atoms with Crippen LogP contribution in [0.2, 0.25) is 0 Å². The van der Waals surface area contributed by atoms with Crippen molar-refractivity contribution in [3.63, 3.8) is 0 Å². The third kappa shape index (κ3) is 3.40. The van der Waals surface area contributed by atoms with Crippen LogP contribution in [-0.4, -0.2) is 27.6 Å². The molecule has 4 nitrogen and oxygen atoms in total. The zero-order valence-corrected chi connectivity index (χ0v) is 14.1. The van der Waals surface area contributed by atoms with E-state index in [-0.39, 0.29) is 0 Å². The summed E-state index contributed by atoms with van der Waals surface area (Å²) in [5, 5.41) is 9.74. The minimum Gasteiger partial charge on any atom is -0.497 e. The Hall–Kier alpha value is -2.27. The second kappa shape index (κ2) is 7.33. The summed E-state index contributed by atoms with van der Waals surface area (Å²) in [6, 6.07) is 18.1. The molecule has 0 N–H and O–H groups in total. The van der Waals surface area contributed by atoms with E-state index in [4.69, 9.17) is 4.74 Å². The molecular weight excluding hydrogens is 306 g/mol. The van der Waals surface area contributed by atoms with Crippen molar-refractivity contribution in [3.05, 3.63) is 54.6 Å². The molecule has 3 rings (SSSR count). The van der Waals surface area contributed by atoms with Gasteiger partial charge >= 0.3 is 0 Å². The second-order valence-electron chi connectivity index (χ2n) is 5.05. The number of benzene rings is 2. The molecule has 3 aromatic rings. The first kappa shape index (κ1) is 15.6. The van der Waals surface area contributed by atoms with Crippen LogP contribution in [0.25, 0.3) is 17.1 Å². The van der Waals surface area contributed by atoms with Crippen LogP contribution in [0.1, 0.15) is 13.3 Å². The maximum Gasteiger partial charge on any atom is 0.196 e.